The van der Waals surface area contributed by atoms with Crippen molar-refractivity contribution in [1.82, 2.24) is 14.1 Å². The lowest BCUT2D eigenvalue weighted by molar-refractivity contribution is 0.706. The number of pyridine rings is 1. The molecule has 5 nitrogen and oxygen atoms in total. The average molecular weight is 295 g/mol. The molecule has 0 unspecified atom stereocenters. The van der Waals surface area contributed by atoms with Crippen molar-refractivity contribution in [2.75, 3.05) is 0 Å². The summed E-state index contributed by atoms with van der Waals surface area (Å²) in [5.74, 6) is 0. The molecule has 0 fully saturated rings. The van der Waals surface area contributed by atoms with Gasteiger partial charge in [0.05, 0.1) is 5.39 Å². The third-order valence-electron chi connectivity index (χ3n) is 3.91. The molecular weight excluding hydrogens is 278 g/mol. The van der Waals surface area contributed by atoms with E-state index >= 15 is 0 Å². The Morgan fingerprint density at radius 2 is 1.73 bits per heavy atom. The molecule has 3 rings (SSSR count). The summed E-state index contributed by atoms with van der Waals surface area (Å²) in [4.78, 5) is 29.2. The molecule has 0 aliphatic rings. The normalized spacial score (nSPS) is 11.0. The minimum absolute atomic E-state index is 0.313. The molecule has 0 aliphatic heterocycles. The summed E-state index contributed by atoms with van der Waals surface area (Å²) in [7, 11) is 3.14. The quantitative estimate of drug-likeness (QED) is 0.725. The number of fused-ring (bicyclic) bond motifs is 1. The van der Waals surface area contributed by atoms with Gasteiger partial charge in [-0.05, 0) is 23.6 Å². The van der Waals surface area contributed by atoms with Gasteiger partial charge in [0.1, 0.15) is 5.65 Å². The molecule has 0 atom stereocenters. The molecule has 0 saturated carbocycles. The first kappa shape index (κ1) is 14.3. The van der Waals surface area contributed by atoms with Gasteiger partial charge in [0.2, 0.25) is 0 Å². The Bertz CT molecular complexity index is 969. The van der Waals surface area contributed by atoms with E-state index in [0.717, 1.165) is 27.8 Å². The van der Waals surface area contributed by atoms with E-state index in [1.165, 1.54) is 11.6 Å². The molecule has 2 aromatic heterocycles. The zero-order valence-electron chi connectivity index (χ0n) is 12.8. The third kappa shape index (κ3) is 2.06. The highest BCUT2D eigenvalue weighted by atomic mass is 16.2. The fraction of sp³-hybridized carbons (Fsp3) is 0.235. The Morgan fingerprint density at radius 3 is 2.36 bits per heavy atom. The molecule has 1 aromatic carbocycles. The highest BCUT2D eigenvalue weighted by Crippen LogP contribution is 2.25. The van der Waals surface area contributed by atoms with E-state index in [1.807, 2.05) is 43.3 Å². The molecule has 0 N–H and O–H groups in total. The van der Waals surface area contributed by atoms with Crippen molar-refractivity contribution in [2.45, 2.75) is 13.3 Å². The molecule has 2 heterocycles. The van der Waals surface area contributed by atoms with E-state index in [0.29, 0.717) is 11.0 Å². The molecule has 0 radical (unpaired) electrons. The lowest BCUT2D eigenvalue weighted by Crippen LogP contribution is -2.37. The topological polar surface area (TPSA) is 56.9 Å². The highest BCUT2D eigenvalue weighted by Gasteiger charge is 2.16. The summed E-state index contributed by atoms with van der Waals surface area (Å²) >= 11 is 0. The van der Waals surface area contributed by atoms with Crippen LogP contribution >= 0.6 is 0 Å². The number of aryl methyl sites for hydroxylation is 2. The summed E-state index contributed by atoms with van der Waals surface area (Å²) in [6.07, 6.45) is 0.735. The molecule has 0 aliphatic carbocycles. The molecule has 0 saturated heterocycles. The van der Waals surface area contributed by atoms with Gasteiger partial charge in [0.15, 0.2) is 0 Å². The molecule has 22 heavy (non-hydrogen) atoms. The van der Waals surface area contributed by atoms with Gasteiger partial charge >= 0.3 is 5.69 Å². The Hall–Kier alpha value is -2.69. The van der Waals surface area contributed by atoms with Gasteiger partial charge in [-0.3, -0.25) is 13.9 Å². The van der Waals surface area contributed by atoms with Gasteiger partial charge in [-0.1, -0.05) is 37.3 Å². The van der Waals surface area contributed by atoms with Crippen LogP contribution in [0, 0.1) is 0 Å². The lowest BCUT2D eigenvalue weighted by atomic mass is 10.0. The molecule has 0 amide bonds. The summed E-state index contributed by atoms with van der Waals surface area (Å²) in [5, 5.41) is 0.480. The maximum Gasteiger partial charge on any atom is 0.332 e. The zero-order valence-corrected chi connectivity index (χ0v) is 12.8. The van der Waals surface area contributed by atoms with Gasteiger partial charge < -0.3 is 0 Å². The van der Waals surface area contributed by atoms with Crippen LogP contribution in [0.2, 0.25) is 0 Å². The predicted octanol–water partition coefficient (Wildman–Crippen LogP) is 1.86. The molecule has 112 valence electrons. The minimum Gasteiger partial charge on any atom is -0.280 e. The Labute approximate surface area is 127 Å². The van der Waals surface area contributed by atoms with Crippen molar-refractivity contribution < 1.29 is 0 Å². The van der Waals surface area contributed by atoms with Gasteiger partial charge in [-0.2, -0.15) is 0 Å². The van der Waals surface area contributed by atoms with Crippen LogP contribution in [0.4, 0.5) is 0 Å². The van der Waals surface area contributed by atoms with Gasteiger partial charge in [0, 0.05) is 19.8 Å². The standard InChI is InChI=1S/C17H17N3O2/c1-4-12-10-13(11-8-6-5-7-9-11)14-15(18-12)19(2)17(22)20(3)16(14)21/h5-10H,4H2,1-3H3. The smallest absolute Gasteiger partial charge is 0.280 e. The van der Waals surface area contributed by atoms with Gasteiger partial charge in [0.25, 0.3) is 5.56 Å². The number of nitrogens with zero attached hydrogens (tertiary/aromatic N) is 3. The monoisotopic (exact) mass is 295 g/mol. The van der Waals surface area contributed by atoms with E-state index in [-0.39, 0.29) is 11.2 Å². The summed E-state index contributed by atoms with van der Waals surface area (Å²) in [6.45, 7) is 2.00. The van der Waals surface area contributed by atoms with Crippen LogP contribution in [0.15, 0.2) is 46.0 Å². The molecular formula is C17H17N3O2. The van der Waals surface area contributed by atoms with E-state index in [4.69, 9.17) is 0 Å². The average Bonchev–Trinajstić information content (AvgIpc) is 2.57. The molecule has 0 bridgehead atoms. The van der Waals surface area contributed by atoms with Crippen molar-refractivity contribution >= 4 is 11.0 Å². The van der Waals surface area contributed by atoms with Crippen LogP contribution in [-0.4, -0.2) is 14.1 Å². The second kappa shape index (κ2) is 5.26. The lowest BCUT2D eigenvalue weighted by Gasteiger charge is -2.12. The first-order valence-corrected chi connectivity index (χ1v) is 7.19. The van der Waals surface area contributed by atoms with Crippen LogP contribution in [0.25, 0.3) is 22.2 Å². The summed E-state index contributed by atoms with van der Waals surface area (Å²) in [6, 6.07) is 11.6. The van der Waals surface area contributed by atoms with Crippen LogP contribution < -0.4 is 11.2 Å². The van der Waals surface area contributed by atoms with Crippen molar-refractivity contribution in [1.29, 1.82) is 0 Å². The molecule has 3 aromatic rings. The van der Waals surface area contributed by atoms with Crippen molar-refractivity contribution in [3.63, 3.8) is 0 Å². The number of rotatable bonds is 2. The van der Waals surface area contributed by atoms with E-state index in [9.17, 15) is 9.59 Å². The number of hydrogen-bond donors (Lipinski definition) is 0. The van der Waals surface area contributed by atoms with Crippen molar-refractivity contribution in [3.05, 3.63) is 62.9 Å². The fourth-order valence-corrected chi connectivity index (χ4v) is 2.63. The number of hydrogen-bond acceptors (Lipinski definition) is 3. The number of aromatic nitrogens is 3. The van der Waals surface area contributed by atoms with Gasteiger partial charge in [-0.25, -0.2) is 9.78 Å². The first-order valence-electron chi connectivity index (χ1n) is 7.19. The Kier molecular flexibility index (Phi) is 3.41. The molecule has 5 heteroatoms. The summed E-state index contributed by atoms with van der Waals surface area (Å²) < 4.78 is 2.56. The Balaban J connectivity index is 2.57. The second-order valence-electron chi connectivity index (χ2n) is 5.29. The van der Waals surface area contributed by atoms with E-state index in [2.05, 4.69) is 4.98 Å². The Morgan fingerprint density at radius 1 is 1.05 bits per heavy atom. The number of benzene rings is 1. The van der Waals surface area contributed by atoms with Crippen molar-refractivity contribution in [2.24, 2.45) is 14.1 Å². The first-order chi connectivity index (χ1) is 10.5. The van der Waals surface area contributed by atoms with Crippen LogP contribution in [-0.2, 0) is 20.5 Å². The maximum absolute atomic E-state index is 12.6. The van der Waals surface area contributed by atoms with Crippen LogP contribution in [0.3, 0.4) is 0 Å². The third-order valence-corrected chi connectivity index (χ3v) is 3.91. The largest absolute Gasteiger partial charge is 0.332 e. The zero-order chi connectivity index (χ0) is 15.9. The highest BCUT2D eigenvalue weighted by molar-refractivity contribution is 5.92. The van der Waals surface area contributed by atoms with Crippen LogP contribution in [0.5, 0.6) is 0 Å². The second-order valence-corrected chi connectivity index (χ2v) is 5.29. The SMILES string of the molecule is CCc1cc(-c2ccccc2)c2c(=O)n(C)c(=O)n(C)c2n1. The molecule has 0 spiro atoms. The van der Waals surface area contributed by atoms with E-state index < -0.39 is 0 Å². The predicted molar refractivity (Wildman–Crippen MR) is 87.0 cm³/mol. The maximum atomic E-state index is 12.6. The van der Waals surface area contributed by atoms with Crippen LogP contribution in [0.1, 0.15) is 12.6 Å². The van der Waals surface area contributed by atoms with Crippen molar-refractivity contribution in [3.8, 4) is 11.1 Å². The van der Waals surface area contributed by atoms with Gasteiger partial charge in [-0.15, -0.1) is 0 Å². The minimum atomic E-state index is -0.364. The summed E-state index contributed by atoms with van der Waals surface area (Å²) in [5.41, 5.74) is 2.38. The fourth-order valence-electron chi connectivity index (χ4n) is 2.63. The van der Waals surface area contributed by atoms with E-state index in [1.54, 1.807) is 7.05 Å².